The van der Waals surface area contributed by atoms with Crippen molar-refractivity contribution in [3.05, 3.63) is 35.9 Å². The van der Waals surface area contributed by atoms with Crippen LogP contribution in [0.1, 0.15) is 18.4 Å². The lowest BCUT2D eigenvalue weighted by atomic mass is 10.1. The van der Waals surface area contributed by atoms with Gasteiger partial charge in [-0.2, -0.15) is 0 Å². The van der Waals surface area contributed by atoms with Crippen LogP contribution in [0.15, 0.2) is 30.3 Å². The van der Waals surface area contributed by atoms with E-state index in [1.165, 1.54) is 0 Å². The summed E-state index contributed by atoms with van der Waals surface area (Å²) in [6, 6.07) is 8.82. The van der Waals surface area contributed by atoms with Crippen LogP contribution < -0.4 is 0 Å². The summed E-state index contributed by atoms with van der Waals surface area (Å²) in [6.07, 6.45) is 1.12. The van der Waals surface area contributed by atoms with Crippen LogP contribution in [0.25, 0.3) is 0 Å². The zero-order valence-electron chi connectivity index (χ0n) is 11.1. The van der Waals surface area contributed by atoms with E-state index in [-0.39, 0.29) is 13.0 Å². The van der Waals surface area contributed by atoms with E-state index in [0.29, 0.717) is 25.0 Å². The summed E-state index contributed by atoms with van der Waals surface area (Å²) in [5.41, 5.74) is 0.709. The fraction of sp³-hybridized carbons (Fsp3) is 0.500. The zero-order valence-corrected chi connectivity index (χ0v) is 11.9. The van der Waals surface area contributed by atoms with Crippen molar-refractivity contribution >= 4 is 15.8 Å². The third-order valence-corrected chi connectivity index (χ3v) is 5.98. The Kier molecular flexibility index (Phi) is 4.77. The van der Waals surface area contributed by atoms with Crippen LogP contribution in [0.3, 0.4) is 0 Å². The summed E-state index contributed by atoms with van der Waals surface area (Å²) in [5, 5.41) is 7.17. The van der Waals surface area contributed by atoms with E-state index < -0.39 is 26.3 Å². The van der Waals surface area contributed by atoms with Crippen LogP contribution in [-0.4, -0.2) is 43.2 Å². The molecule has 0 spiro atoms. The second-order valence-electron chi connectivity index (χ2n) is 4.94. The maximum atomic E-state index is 12.5. The van der Waals surface area contributed by atoms with Crippen molar-refractivity contribution in [2.45, 2.75) is 29.8 Å². The molecule has 0 aromatic heterocycles. The molecule has 1 aromatic carbocycles. The van der Waals surface area contributed by atoms with E-state index >= 15 is 0 Å². The van der Waals surface area contributed by atoms with Gasteiger partial charge in [-0.3, -0.25) is 4.79 Å². The first-order valence-electron chi connectivity index (χ1n) is 6.59. The monoisotopic (exact) mass is 298 g/mol. The maximum Gasteiger partial charge on any atom is 0.322 e. The van der Waals surface area contributed by atoms with Crippen LogP contribution in [0, 0.1) is 0 Å². The summed E-state index contributed by atoms with van der Waals surface area (Å²) < 4.78 is 30.1. The Morgan fingerprint density at radius 1 is 1.35 bits per heavy atom. The third kappa shape index (κ3) is 3.37. The highest BCUT2D eigenvalue weighted by Crippen LogP contribution is 2.22. The molecule has 1 aliphatic heterocycles. The van der Waals surface area contributed by atoms with Gasteiger partial charge in [-0.25, -0.2) is 8.42 Å². The molecule has 2 unspecified atom stereocenters. The largest absolute Gasteiger partial charge is 0.480 e. The van der Waals surface area contributed by atoms with Crippen LogP contribution >= 0.6 is 0 Å². The maximum absolute atomic E-state index is 12.5. The molecule has 1 heterocycles. The number of aliphatic carboxylic acids is 1. The lowest BCUT2D eigenvalue weighted by Gasteiger charge is -2.25. The summed E-state index contributed by atoms with van der Waals surface area (Å²) >= 11 is 0. The molecule has 1 saturated heterocycles. The standard InChI is InChI=1S/C14H18O5S/c15-14(16)13(9-11-5-2-1-3-6-11)20(17,18)12-7-4-8-19-10-12/h1-3,5-6,12-13H,4,7-10H2,(H,15,16). The molecule has 0 saturated carbocycles. The molecule has 6 heteroatoms. The average Bonchev–Trinajstić information content (AvgIpc) is 2.46. The first-order chi connectivity index (χ1) is 9.51. The molecular weight excluding hydrogens is 280 g/mol. The number of hydrogen-bond donors (Lipinski definition) is 1. The summed E-state index contributed by atoms with van der Waals surface area (Å²) in [6.45, 7) is 0.642. The topological polar surface area (TPSA) is 80.7 Å². The minimum Gasteiger partial charge on any atom is -0.480 e. The van der Waals surface area contributed by atoms with Crippen molar-refractivity contribution in [3.8, 4) is 0 Å². The smallest absolute Gasteiger partial charge is 0.322 e. The Balaban J connectivity index is 2.21. The van der Waals surface area contributed by atoms with Gasteiger partial charge in [0.05, 0.1) is 11.9 Å². The van der Waals surface area contributed by atoms with E-state index in [1.807, 2.05) is 6.07 Å². The molecule has 1 N–H and O–H groups in total. The molecule has 0 amide bonds. The second-order valence-corrected chi connectivity index (χ2v) is 7.36. The SMILES string of the molecule is O=C(O)C(Cc1ccccc1)S(=O)(=O)C1CCCOC1. The number of rotatable bonds is 5. The van der Waals surface area contributed by atoms with Crippen LogP contribution in [0.4, 0.5) is 0 Å². The first kappa shape index (κ1) is 15.0. The van der Waals surface area contributed by atoms with E-state index in [0.717, 1.165) is 0 Å². The van der Waals surface area contributed by atoms with Crippen molar-refractivity contribution < 1.29 is 23.1 Å². The average molecular weight is 298 g/mol. The Morgan fingerprint density at radius 3 is 2.60 bits per heavy atom. The van der Waals surface area contributed by atoms with Crippen molar-refractivity contribution in [3.63, 3.8) is 0 Å². The Bertz CT molecular complexity index is 546. The number of carboxylic acid groups (broad SMARTS) is 1. The highest BCUT2D eigenvalue weighted by atomic mass is 32.2. The van der Waals surface area contributed by atoms with Crippen molar-refractivity contribution in [2.24, 2.45) is 0 Å². The Labute approximate surface area is 118 Å². The van der Waals surface area contributed by atoms with Gasteiger partial charge < -0.3 is 9.84 Å². The van der Waals surface area contributed by atoms with Gasteiger partial charge in [0.25, 0.3) is 0 Å². The predicted molar refractivity (Wildman–Crippen MR) is 74.3 cm³/mol. The molecule has 0 aliphatic carbocycles. The van der Waals surface area contributed by atoms with Gasteiger partial charge >= 0.3 is 5.97 Å². The number of carboxylic acids is 1. The first-order valence-corrected chi connectivity index (χ1v) is 8.20. The molecule has 5 nitrogen and oxygen atoms in total. The van der Waals surface area contributed by atoms with Gasteiger partial charge in [0.2, 0.25) is 0 Å². The summed E-state index contributed by atoms with van der Waals surface area (Å²) in [7, 11) is -3.75. The van der Waals surface area contributed by atoms with Gasteiger partial charge in [-0.05, 0) is 24.8 Å². The molecule has 2 atom stereocenters. The highest BCUT2D eigenvalue weighted by Gasteiger charge is 2.39. The van der Waals surface area contributed by atoms with E-state index in [4.69, 9.17) is 4.74 Å². The van der Waals surface area contributed by atoms with Crippen LogP contribution in [0.5, 0.6) is 0 Å². The molecule has 1 fully saturated rings. The third-order valence-electron chi connectivity index (χ3n) is 3.52. The molecule has 0 bridgehead atoms. The molecule has 1 aromatic rings. The molecule has 2 rings (SSSR count). The predicted octanol–water partition coefficient (Wildman–Crippen LogP) is 1.28. The fourth-order valence-corrected chi connectivity index (χ4v) is 4.33. The Hall–Kier alpha value is -1.40. The molecule has 110 valence electrons. The Morgan fingerprint density at radius 2 is 2.05 bits per heavy atom. The van der Waals surface area contributed by atoms with Crippen molar-refractivity contribution in [1.82, 2.24) is 0 Å². The molecular formula is C14H18O5S. The van der Waals surface area contributed by atoms with Crippen molar-refractivity contribution in [2.75, 3.05) is 13.2 Å². The van der Waals surface area contributed by atoms with Gasteiger partial charge in [0.15, 0.2) is 15.1 Å². The number of ether oxygens (including phenoxy) is 1. The molecule has 1 aliphatic rings. The number of sulfone groups is 1. The number of hydrogen-bond acceptors (Lipinski definition) is 4. The minimum absolute atomic E-state index is 0.00495. The van der Waals surface area contributed by atoms with Crippen LogP contribution in [-0.2, 0) is 25.8 Å². The highest BCUT2D eigenvalue weighted by molar-refractivity contribution is 7.93. The van der Waals surface area contributed by atoms with Gasteiger partial charge in [-0.15, -0.1) is 0 Å². The van der Waals surface area contributed by atoms with E-state index in [9.17, 15) is 18.3 Å². The number of carbonyl (C=O) groups is 1. The second kappa shape index (κ2) is 6.37. The van der Waals surface area contributed by atoms with Gasteiger partial charge in [0, 0.05) is 6.61 Å². The molecule has 20 heavy (non-hydrogen) atoms. The molecule has 0 radical (unpaired) electrons. The summed E-state index contributed by atoms with van der Waals surface area (Å²) in [5.74, 6) is -1.29. The van der Waals surface area contributed by atoms with E-state index in [2.05, 4.69) is 0 Å². The lowest BCUT2D eigenvalue weighted by Crippen LogP contribution is -2.42. The van der Waals surface area contributed by atoms with Crippen LogP contribution in [0.2, 0.25) is 0 Å². The fourth-order valence-electron chi connectivity index (χ4n) is 2.37. The quantitative estimate of drug-likeness (QED) is 0.885. The van der Waals surface area contributed by atoms with E-state index in [1.54, 1.807) is 24.3 Å². The normalized spacial score (nSPS) is 21.3. The van der Waals surface area contributed by atoms with Crippen molar-refractivity contribution in [1.29, 1.82) is 0 Å². The minimum atomic E-state index is -3.75. The zero-order chi connectivity index (χ0) is 14.6. The number of benzene rings is 1. The lowest BCUT2D eigenvalue weighted by molar-refractivity contribution is -0.136. The van der Waals surface area contributed by atoms with Gasteiger partial charge in [0.1, 0.15) is 0 Å². The van der Waals surface area contributed by atoms with Gasteiger partial charge in [-0.1, -0.05) is 30.3 Å². The summed E-state index contributed by atoms with van der Waals surface area (Å²) in [4.78, 5) is 11.4.